The second-order valence-electron chi connectivity index (χ2n) is 30.3. The van der Waals surface area contributed by atoms with Gasteiger partial charge in [0.25, 0.3) is 0 Å². The lowest BCUT2D eigenvalue weighted by Gasteiger charge is -2.40. The number of guanidine groups is 3. The molecule has 5 amide bonds. The number of benzene rings is 3. The number of piperidine rings is 3. The van der Waals surface area contributed by atoms with Gasteiger partial charge in [0.15, 0.2) is 27.7 Å². The van der Waals surface area contributed by atoms with E-state index < -0.39 is 107 Å². The van der Waals surface area contributed by atoms with Crippen LogP contribution in [0, 0.1) is 41.4 Å². The monoisotopic (exact) mass is 1530 g/mol. The number of nitrogens with two attached hydrogens (primary N) is 6. The third-order valence-corrected chi connectivity index (χ3v) is 26.3. The van der Waals surface area contributed by atoms with Gasteiger partial charge < -0.3 is 70.2 Å². The molecule has 0 spiro atoms. The number of carboxylic acid groups (broad SMARTS) is 1. The van der Waals surface area contributed by atoms with Crippen molar-refractivity contribution in [3.8, 4) is 0 Å². The molecule has 106 heavy (non-hydrogen) atoms. The zero-order valence-corrected chi connectivity index (χ0v) is 64.6. The number of aliphatic carboxylic acids is 1. The number of rotatable bonds is 29. The van der Waals surface area contributed by atoms with Gasteiger partial charge in [-0.2, -0.15) is 9.44 Å². The minimum Gasteiger partial charge on any atom is -0.480 e. The van der Waals surface area contributed by atoms with Gasteiger partial charge in [0.05, 0.1) is 38.7 Å². The fourth-order valence-corrected chi connectivity index (χ4v) is 20.4. The van der Waals surface area contributed by atoms with Crippen molar-refractivity contribution >= 4 is 89.0 Å². The number of amides is 5. The van der Waals surface area contributed by atoms with Crippen LogP contribution < -0.4 is 59.8 Å². The fraction of sp³-hybridized carbons (Fsp3) is 0.630. The highest BCUT2D eigenvalue weighted by molar-refractivity contribution is 7.91. The van der Waals surface area contributed by atoms with Crippen molar-refractivity contribution in [2.24, 2.45) is 90.8 Å². The van der Waals surface area contributed by atoms with Crippen molar-refractivity contribution in [1.82, 2.24) is 34.8 Å². The largest absolute Gasteiger partial charge is 0.480 e. The second kappa shape index (κ2) is 37.6. The number of para-hydroxylation sites is 1. The fourth-order valence-electron chi connectivity index (χ4n) is 15.5. The summed E-state index contributed by atoms with van der Waals surface area (Å²) in [6.07, 6.45) is 9.30. The Balaban J connectivity index is 0.000000338. The molecule has 0 bridgehead atoms. The van der Waals surface area contributed by atoms with Gasteiger partial charge in [-0.1, -0.05) is 77.9 Å². The number of carbonyl (C=O) groups is 6. The van der Waals surface area contributed by atoms with Crippen LogP contribution >= 0.6 is 0 Å². The van der Waals surface area contributed by atoms with Gasteiger partial charge in [-0.25, -0.2) is 30.0 Å². The number of likely N-dealkylation sites (tertiary alicyclic amines) is 3. The van der Waals surface area contributed by atoms with Gasteiger partial charge in [0.2, 0.25) is 49.6 Å². The first kappa shape index (κ1) is 83.5. The van der Waals surface area contributed by atoms with E-state index >= 15 is 0 Å². The first-order chi connectivity index (χ1) is 50.1. The number of aliphatic imine (C=N–C) groups is 3. The number of sulfonamides is 2. The number of carbonyl (C=O) groups excluding carboxylic acids is 5. The Bertz CT molecular complexity index is 3900. The number of carboxylic acids is 1. The lowest BCUT2D eigenvalue weighted by atomic mass is 9.85. The number of anilines is 1. The Hall–Kier alpha value is -8.14. The highest BCUT2D eigenvalue weighted by Gasteiger charge is 2.44. The second-order valence-corrected chi connectivity index (χ2v) is 35.6. The number of sulfone groups is 1. The third kappa shape index (κ3) is 22.5. The van der Waals surface area contributed by atoms with Crippen molar-refractivity contribution in [1.29, 1.82) is 0 Å². The van der Waals surface area contributed by atoms with Crippen LogP contribution in [0.15, 0.2) is 84.3 Å². The van der Waals surface area contributed by atoms with E-state index in [4.69, 9.17) is 34.4 Å². The summed E-state index contributed by atoms with van der Waals surface area (Å²) in [6.45, 7) is 13.8. The van der Waals surface area contributed by atoms with E-state index in [1.807, 2.05) is 39.0 Å². The Morgan fingerprint density at radius 3 is 1.32 bits per heavy atom. The quantitative estimate of drug-likeness (QED) is 0.0206. The van der Waals surface area contributed by atoms with Gasteiger partial charge in [-0.15, -0.1) is 0 Å². The van der Waals surface area contributed by atoms with E-state index in [1.54, 1.807) is 36.4 Å². The molecule has 0 saturated carbocycles. The molecule has 3 aromatic carbocycles. The summed E-state index contributed by atoms with van der Waals surface area (Å²) < 4.78 is 89.2. The summed E-state index contributed by atoms with van der Waals surface area (Å²) >= 11 is 0. The summed E-state index contributed by atoms with van der Waals surface area (Å²) in [5.74, 6) is -4.10. The van der Waals surface area contributed by atoms with Gasteiger partial charge in [0, 0.05) is 45.8 Å². The third-order valence-electron chi connectivity index (χ3n) is 21.3. The van der Waals surface area contributed by atoms with Crippen LogP contribution in [0.5, 0.6) is 0 Å². The topological polar surface area (TPSA) is 488 Å². The highest BCUT2D eigenvalue weighted by Crippen LogP contribution is 2.37. The molecule has 0 radical (unpaired) electrons. The summed E-state index contributed by atoms with van der Waals surface area (Å²) in [5.41, 5.74) is 37.9. The molecule has 0 unspecified atom stereocenters. The molecule has 12 atom stereocenters. The maximum absolute atomic E-state index is 14.6. The minimum absolute atomic E-state index is 0.0476. The maximum Gasteiger partial charge on any atom is 0.326 e. The molecule has 9 rings (SSSR count). The minimum atomic E-state index is -4.20. The molecule has 2 aliphatic carbocycles. The Labute approximate surface area is 624 Å². The Kier molecular flexibility index (Phi) is 29.6. The van der Waals surface area contributed by atoms with Crippen molar-refractivity contribution in [2.45, 2.75) is 208 Å². The molecule has 3 saturated heterocycles. The smallest absolute Gasteiger partial charge is 0.326 e. The molecule has 0 aromatic heterocycles. The molecule has 4 heterocycles. The maximum atomic E-state index is 14.6. The van der Waals surface area contributed by atoms with E-state index in [9.17, 15) is 59.1 Å². The average molecular weight is 1530 g/mol. The molecular formula is C73H113N17O13S3. The van der Waals surface area contributed by atoms with Crippen molar-refractivity contribution < 1.29 is 59.1 Å². The first-order valence-corrected chi connectivity index (χ1v) is 42.0. The van der Waals surface area contributed by atoms with Gasteiger partial charge in [0.1, 0.15) is 30.2 Å². The van der Waals surface area contributed by atoms with E-state index in [2.05, 4.69) is 61.1 Å². The summed E-state index contributed by atoms with van der Waals surface area (Å²) in [4.78, 5) is 99.5. The molecule has 33 heteroatoms. The lowest BCUT2D eigenvalue weighted by Crippen LogP contribution is -2.60. The zero-order chi connectivity index (χ0) is 77.4. The number of hydrogen-bond acceptors (Lipinski definition) is 16. The molecule has 30 nitrogen and oxygen atoms in total. The zero-order valence-electron chi connectivity index (χ0n) is 62.1. The predicted octanol–water partition coefficient (Wildman–Crippen LogP) is 2.93. The van der Waals surface area contributed by atoms with Crippen LogP contribution in [-0.2, 0) is 90.8 Å². The molecule has 3 fully saturated rings. The lowest BCUT2D eigenvalue weighted by molar-refractivity contribution is -0.153. The Morgan fingerprint density at radius 2 is 0.887 bits per heavy atom. The van der Waals surface area contributed by atoms with Gasteiger partial charge in [-0.3, -0.25) is 38.9 Å². The predicted molar refractivity (Wildman–Crippen MR) is 407 cm³/mol. The highest BCUT2D eigenvalue weighted by atomic mass is 32.2. The summed E-state index contributed by atoms with van der Waals surface area (Å²) in [5, 5.41) is 18.6. The van der Waals surface area contributed by atoms with Crippen molar-refractivity contribution in [3.63, 3.8) is 0 Å². The van der Waals surface area contributed by atoms with Crippen molar-refractivity contribution in [2.75, 3.05) is 63.6 Å². The first-order valence-electron chi connectivity index (χ1n) is 37.3. The number of nitrogens with one attached hydrogen (secondary N) is 5. The molecule has 4 aliphatic heterocycles. The van der Waals surface area contributed by atoms with Gasteiger partial charge in [-0.05, 0) is 204 Å². The van der Waals surface area contributed by atoms with Crippen LogP contribution in [0.1, 0.15) is 159 Å². The van der Waals surface area contributed by atoms with Crippen LogP contribution in [-0.4, -0.2) is 187 Å². The molecule has 586 valence electrons. The van der Waals surface area contributed by atoms with E-state index in [1.165, 1.54) is 14.7 Å². The summed E-state index contributed by atoms with van der Waals surface area (Å²) in [6, 6.07) is 10.4. The van der Waals surface area contributed by atoms with Crippen LogP contribution in [0.4, 0.5) is 5.69 Å². The molecule has 3 aromatic rings. The van der Waals surface area contributed by atoms with Crippen LogP contribution in [0.2, 0.25) is 0 Å². The molecule has 6 aliphatic rings. The van der Waals surface area contributed by atoms with Crippen molar-refractivity contribution in [3.05, 3.63) is 82.4 Å². The number of hydrogen-bond donors (Lipinski definition) is 12. The summed E-state index contributed by atoms with van der Waals surface area (Å²) in [7, 11) is -12.2. The van der Waals surface area contributed by atoms with E-state index in [0.29, 0.717) is 94.2 Å². The van der Waals surface area contributed by atoms with E-state index in [0.717, 1.165) is 59.9 Å². The van der Waals surface area contributed by atoms with Crippen LogP contribution in [0.25, 0.3) is 0 Å². The van der Waals surface area contributed by atoms with Crippen LogP contribution in [0.3, 0.4) is 0 Å². The number of fused-ring (bicyclic) bond motifs is 3. The Morgan fingerprint density at radius 1 is 0.500 bits per heavy atom. The van der Waals surface area contributed by atoms with Gasteiger partial charge >= 0.3 is 5.97 Å². The molecular weight excluding hydrogens is 1420 g/mol. The SMILES string of the molecule is C[C@@H]1CCc2c(cccc2S(=O)(=O)N[C@@H](CCCN=C(N)N)C(=O)N2CC[C@@H](C)C[C@@H]2C(=O)NCNC(=O)[C@H]2C[C@H](C)CCN2C(=O)[C@H](CCCN=C(N)N)CS(=O)(=O)c2cccc3c2NC[C@@H](C)C3)C1.C[C@@H]1CCc2c(cccc2S(=O)(=O)N[C@@H](CCCN=C(N)N)C(=O)N2CC[C@@H](C)C[C@@H]2C(=O)O)C1. The number of nitrogens with zero attached hydrogens (tertiary/aromatic N) is 6. The normalized spacial score (nSPS) is 23.2. The molecule has 18 N–H and O–H groups in total. The van der Waals surface area contributed by atoms with E-state index in [-0.39, 0.29) is 122 Å². The standard InChI is InChI=1S/C49H76N12O8S2.C24H37N5O5S/c1-30-15-16-37-34(23-30)9-5-13-41(37)71(68,69)59-38(12-8-20-55-49(52)53)47(65)61-22-18-32(3)26-40(61)45(63)58-29-57-44(62)39-25-31(2)17-21-60(39)46(64)36(11-7-19-54-48(50)51)28-70(66,67)42-14-6-10-35-24-33(4)27-56-43(35)42;1-15-8-9-18-17(13-15)5-3-7-21(18)35(33,34)28-19(6-4-11-27-24(25)26)22(30)29-12-10-16(2)14-20(29)23(31)32/h5-6,9-10,13-14,30-33,36,38-40,56,59H,7-8,11-12,15-29H2,1-4H3,(H,57,62)(H,58,63)(H4,50,51,54)(H4,52,53,55);3,5,7,15-16,19-20,28H,4,6,8-14H2,1-2H3,(H,31,32)(H4,25,26,27)/t30-,31-,32-,33+,36-,38+,39-,40-;15-,16-,19+,20-/m11/s1. The average Bonchev–Trinajstić information content (AvgIpc) is 0.786.